The van der Waals surface area contributed by atoms with Crippen molar-refractivity contribution in [3.63, 3.8) is 0 Å². The Kier molecular flexibility index (Phi) is 1.69. The standard InChI is InChI=1S/C6H7N5O2/c1-5-6(9-13-11(5)12)2-10-4-7-3-8-10/h3-4H,2H2,1H3. The van der Waals surface area contributed by atoms with Crippen molar-refractivity contribution in [2.24, 2.45) is 0 Å². The van der Waals surface area contributed by atoms with Crippen molar-refractivity contribution in [1.29, 1.82) is 0 Å². The molecule has 68 valence electrons. The summed E-state index contributed by atoms with van der Waals surface area (Å²) in [6.07, 6.45) is 2.96. The normalized spacial score (nSPS) is 10.5. The first-order valence-electron chi connectivity index (χ1n) is 3.65. The zero-order valence-electron chi connectivity index (χ0n) is 6.91. The largest absolute Gasteiger partial charge is 0.359 e. The predicted octanol–water partition coefficient (Wildman–Crippen LogP) is -0.744. The second-order valence-corrected chi connectivity index (χ2v) is 2.56. The van der Waals surface area contributed by atoms with E-state index in [1.165, 1.54) is 6.33 Å². The molecule has 0 aliphatic rings. The van der Waals surface area contributed by atoms with Gasteiger partial charge in [-0.05, 0) is 4.90 Å². The zero-order valence-corrected chi connectivity index (χ0v) is 6.91. The van der Waals surface area contributed by atoms with Gasteiger partial charge in [0.05, 0.1) is 0 Å². The van der Waals surface area contributed by atoms with Crippen LogP contribution in [0.1, 0.15) is 11.4 Å². The van der Waals surface area contributed by atoms with E-state index in [4.69, 9.17) is 0 Å². The van der Waals surface area contributed by atoms with Gasteiger partial charge in [0, 0.05) is 12.1 Å². The third-order valence-electron chi connectivity index (χ3n) is 1.70. The van der Waals surface area contributed by atoms with Gasteiger partial charge < -0.3 is 5.21 Å². The van der Waals surface area contributed by atoms with Gasteiger partial charge in [0.2, 0.25) is 5.69 Å². The lowest BCUT2D eigenvalue weighted by molar-refractivity contribution is -0.806. The van der Waals surface area contributed by atoms with Crippen LogP contribution >= 0.6 is 0 Å². The number of nitrogens with zero attached hydrogens (tertiary/aromatic N) is 5. The molecule has 0 fully saturated rings. The van der Waals surface area contributed by atoms with Gasteiger partial charge in [-0.3, -0.25) is 4.63 Å². The molecule has 0 saturated heterocycles. The Labute approximate surface area is 73.1 Å². The van der Waals surface area contributed by atoms with Crippen molar-refractivity contribution in [2.45, 2.75) is 13.5 Å². The van der Waals surface area contributed by atoms with Crippen molar-refractivity contribution in [1.82, 2.24) is 19.9 Å². The Balaban J connectivity index is 2.24. The Morgan fingerprint density at radius 3 is 3.08 bits per heavy atom. The zero-order chi connectivity index (χ0) is 9.26. The fourth-order valence-electron chi connectivity index (χ4n) is 0.930. The van der Waals surface area contributed by atoms with Crippen LogP contribution in [-0.4, -0.2) is 19.9 Å². The molecular weight excluding hydrogens is 174 g/mol. The molecule has 0 atom stereocenters. The summed E-state index contributed by atoms with van der Waals surface area (Å²) in [5.41, 5.74) is 0.996. The lowest BCUT2D eigenvalue weighted by atomic mass is 10.3. The molecule has 7 nitrogen and oxygen atoms in total. The quantitative estimate of drug-likeness (QED) is 0.569. The molecule has 2 aromatic heterocycles. The fourth-order valence-corrected chi connectivity index (χ4v) is 0.930. The maximum absolute atomic E-state index is 10.8. The van der Waals surface area contributed by atoms with Crippen LogP contribution in [-0.2, 0) is 6.54 Å². The highest BCUT2D eigenvalue weighted by molar-refractivity contribution is 5.00. The SMILES string of the molecule is Cc1c(Cn2cncn2)no[n+]1[O-]. The first-order chi connectivity index (χ1) is 6.27. The molecular formula is C6H7N5O2. The first kappa shape index (κ1) is 7.71. The molecule has 0 amide bonds. The summed E-state index contributed by atoms with van der Waals surface area (Å²) < 4.78 is 5.95. The second-order valence-electron chi connectivity index (χ2n) is 2.56. The maximum Gasteiger partial charge on any atom is 0.242 e. The minimum Gasteiger partial charge on any atom is -0.359 e. The van der Waals surface area contributed by atoms with Crippen molar-refractivity contribution in [3.8, 4) is 0 Å². The van der Waals surface area contributed by atoms with E-state index in [1.54, 1.807) is 17.9 Å². The summed E-state index contributed by atoms with van der Waals surface area (Å²) in [6.45, 7) is 2.03. The molecule has 2 rings (SSSR count). The highest BCUT2D eigenvalue weighted by Crippen LogP contribution is 1.99. The third kappa shape index (κ3) is 1.35. The summed E-state index contributed by atoms with van der Waals surface area (Å²) in [5, 5.41) is 18.3. The van der Waals surface area contributed by atoms with Crippen molar-refractivity contribution in [2.75, 3.05) is 0 Å². The Morgan fingerprint density at radius 2 is 2.54 bits per heavy atom. The lowest BCUT2D eigenvalue weighted by Crippen LogP contribution is -2.26. The molecule has 0 aliphatic carbocycles. The molecule has 0 aromatic carbocycles. The minimum absolute atomic E-state index is 0.367. The van der Waals surface area contributed by atoms with Gasteiger partial charge in [-0.1, -0.05) is 0 Å². The predicted molar refractivity (Wildman–Crippen MR) is 39.3 cm³/mol. The van der Waals surface area contributed by atoms with Crippen LogP contribution in [0, 0.1) is 12.1 Å². The van der Waals surface area contributed by atoms with Crippen molar-refractivity contribution >= 4 is 0 Å². The van der Waals surface area contributed by atoms with Crippen LogP contribution in [0.5, 0.6) is 0 Å². The minimum atomic E-state index is 0.367. The highest BCUT2D eigenvalue weighted by atomic mass is 16.8. The van der Waals surface area contributed by atoms with Crippen LogP contribution in [0.2, 0.25) is 0 Å². The fraction of sp³-hybridized carbons (Fsp3) is 0.333. The maximum atomic E-state index is 10.8. The van der Waals surface area contributed by atoms with Crippen LogP contribution in [0.15, 0.2) is 17.3 Å². The molecule has 0 bridgehead atoms. The van der Waals surface area contributed by atoms with Crippen molar-refractivity contribution < 1.29 is 9.53 Å². The molecule has 0 unspecified atom stereocenters. The average Bonchev–Trinajstić information content (AvgIpc) is 2.71. The van der Waals surface area contributed by atoms with E-state index in [1.807, 2.05) is 0 Å². The summed E-state index contributed by atoms with van der Waals surface area (Å²) in [4.78, 5) is 4.13. The van der Waals surface area contributed by atoms with E-state index in [-0.39, 0.29) is 0 Å². The van der Waals surface area contributed by atoms with Gasteiger partial charge >= 0.3 is 0 Å². The van der Waals surface area contributed by atoms with Crippen molar-refractivity contribution in [3.05, 3.63) is 29.2 Å². The molecule has 0 saturated carbocycles. The van der Waals surface area contributed by atoms with Gasteiger partial charge in [-0.15, -0.1) is 0 Å². The second kappa shape index (κ2) is 2.85. The summed E-state index contributed by atoms with van der Waals surface area (Å²) in [7, 11) is 0. The van der Waals surface area contributed by atoms with Crippen LogP contribution in [0.4, 0.5) is 0 Å². The first-order valence-corrected chi connectivity index (χ1v) is 3.65. The Morgan fingerprint density at radius 1 is 1.69 bits per heavy atom. The molecule has 0 spiro atoms. The smallest absolute Gasteiger partial charge is 0.242 e. The van der Waals surface area contributed by atoms with Crippen LogP contribution < -0.4 is 4.90 Å². The van der Waals surface area contributed by atoms with Crippen LogP contribution in [0.25, 0.3) is 0 Å². The summed E-state index contributed by atoms with van der Waals surface area (Å²) in [6, 6.07) is 0. The number of hydrogen-bond donors (Lipinski definition) is 0. The van der Waals surface area contributed by atoms with Gasteiger partial charge in [0.25, 0.3) is 0 Å². The van der Waals surface area contributed by atoms with E-state index >= 15 is 0 Å². The molecule has 0 aliphatic heterocycles. The molecule has 13 heavy (non-hydrogen) atoms. The number of aromatic nitrogens is 5. The Bertz CT molecular complexity index is 393. The van der Waals surface area contributed by atoms with Gasteiger partial charge in [-0.25, -0.2) is 9.67 Å². The lowest BCUT2D eigenvalue weighted by Gasteiger charge is -1.91. The third-order valence-corrected chi connectivity index (χ3v) is 1.70. The molecule has 7 heteroatoms. The molecule has 2 aromatic rings. The van der Waals surface area contributed by atoms with Gasteiger partial charge in [-0.2, -0.15) is 5.10 Å². The van der Waals surface area contributed by atoms with E-state index in [2.05, 4.69) is 19.9 Å². The summed E-state index contributed by atoms with van der Waals surface area (Å²) in [5.74, 6) is 0. The van der Waals surface area contributed by atoms with E-state index in [9.17, 15) is 5.21 Å². The van der Waals surface area contributed by atoms with Gasteiger partial charge in [0.1, 0.15) is 19.2 Å². The van der Waals surface area contributed by atoms with E-state index in [0.29, 0.717) is 22.8 Å². The number of rotatable bonds is 2. The van der Waals surface area contributed by atoms with E-state index in [0.717, 1.165) is 0 Å². The average molecular weight is 181 g/mol. The summed E-state index contributed by atoms with van der Waals surface area (Å²) >= 11 is 0. The topological polar surface area (TPSA) is 83.7 Å². The number of hydrogen-bond acceptors (Lipinski definition) is 5. The monoisotopic (exact) mass is 181 g/mol. The highest BCUT2D eigenvalue weighted by Gasteiger charge is 2.14. The van der Waals surface area contributed by atoms with Crippen LogP contribution in [0.3, 0.4) is 0 Å². The van der Waals surface area contributed by atoms with Gasteiger partial charge in [0.15, 0.2) is 5.69 Å². The Hall–Kier alpha value is -1.92. The molecule has 2 heterocycles. The molecule has 0 radical (unpaired) electrons. The molecule has 0 N–H and O–H groups in total. The van der Waals surface area contributed by atoms with E-state index < -0.39 is 0 Å².